The number of nitrogens with two attached hydrogens (primary N) is 1. The summed E-state index contributed by atoms with van der Waals surface area (Å²) in [6.07, 6.45) is 3.54. The Morgan fingerprint density at radius 2 is 1.80 bits per heavy atom. The molecule has 0 radical (unpaired) electrons. The summed E-state index contributed by atoms with van der Waals surface area (Å²) in [6, 6.07) is 12.1. The molecule has 2 rings (SSSR count). The largest absolute Gasteiger partial charge is 0.320 e. The summed E-state index contributed by atoms with van der Waals surface area (Å²) in [7, 11) is 0. The molecule has 2 N–H and O–H groups in total. The zero-order valence-corrected chi connectivity index (χ0v) is 8.72. The summed E-state index contributed by atoms with van der Waals surface area (Å²) in [5.74, 6) is 0. The van der Waals surface area contributed by atoms with Crippen LogP contribution < -0.4 is 5.73 Å². The second-order valence-electron chi connectivity index (χ2n) is 3.67. The van der Waals surface area contributed by atoms with Crippen molar-refractivity contribution in [3.05, 3.63) is 65.5 Å². The van der Waals surface area contributed by atoms with Gasteiger partial charge in [-0.25, -0.2) is 0 Å². The Morgan fingerprint density at radius 1 is 1.07 bits per heavy atom. The minimum absolute atomic E-state index is 0.0621. The van der Waals surface area contributed by atoms with Gasteiger partial charge in [0, 0.05) is 12.4 Å². The zero-order chi connectivity index (χ0) is 10.7. The molecule has 2 heteroatoms. The number of benzene rings is 1. The van der Waals surface area contributed by atoms with E-state index in [1.165, 1.54) is 5.56 Å². The van der Waals surface area contributed by atoms with Gasteiger partial charge in [-0.1, -0.05) is 29.8 Å². The van der Waals surface area contributed by atoms with Crippen molar-refractivity contribution >= 4 is 0 Å². The standard InChI is InChI=1S/C13H14N2/c1-10-3-2-4-12(9-10)13(14)11-5-7-15-8-6-11/h2-9,13H,14H2,1H3. The summed E-state index contributed by atoms with van der Waals surface area (Å²) in [5.41, 5.74) is 9.62. The lowest BCUT2D eigenvalue weighted by Crippen LogP contribution is -2.11. The van der Waals surface area contributed by atoms with Gasteiger partial charge < -0.3 is 5.73 Å². The van der Waals surface area contributed by atoms with E-state index in [-0.39, 0.29) is 6.04 Å². The first-order valence-electron chi connectivity index (χ1n) is 4.99. The van der Waals surface area contributed by atoms with Crippen LogP contribution in [0.25, 0.3) is 0 Å². The molecule has 1 heterocycles. The maximum Gasteiger partial charge on any atom is 0.0552 e. The predicted molar refractivity (Wildman–Crippen MR) is 61.4 cm³/mol. The molecule has 1 atom stereocenters. The Hall–Kier alpha value is -1.67. The smallest absolute Gasteiger partial charge is 0.0552 e. The molecule has 0 saturated carbocycles. The van der Waals surface area contributed by atoms with Crippen molar-refractivity contribution in [1.82, 2.24) is 4.98 Å². The van der Waals surface area contributed by atoms with Crippen LogP contribution in [0.4, 0.5) is 0 Å². The van der Waals surface area contributed by atoms with Crippen molar-refractivity contribution in [3.63, 3.8) is 0 Å². The van der Waals surface area contributed by atoms with Crippen LogP contribution in [0.2, 0.25) is 0 Å². The highest BCUT2D eigenvalue weighted by molar-refractivity contribution is 5.32. The molecule has 1 aromatic heterocycles. The molecule has 0 spiro atoms. The SMILES string of the molecule is Cc1cccc(C(N)c2ccncc2)c1. The molecule has 0 aliphatic heterocycles. The summed E-state index contributed by atoms with van der Waals surface area (Å²) in [6.45, 7) is 2.07. The van der Waals surface area contributed by atoms with Crippen LogP contribution in [-0.2, 0) is 0 Å². The summed E-state index contributed by atoms with van der Waals surface area (Å²) in [4.78, 5) is 3.98. The number of hydrogen-bond donors (Lipinski definition) is 1. The third-order valence-electron chi connectivity index (χ3n) is 2.47. The second kappa shape index (κ2) is 4.24. The number of aryl methyl sites for hydroxylation is 1. The molecule has 2 aromatic rings. The molecule has 15 heavy (non-hydrogen) atoms. The van der Waals surface area contributed by atoms with Crippen molar-refractivity contribution in [1.29, 1.82) is 0 Å². The van der Waals surface area contributed by atoms with Gasteiger partial charge in [0.2, 0.25) is 0 Å². The molecular weight excluding hydrogens is 184 g/mol. The van der Waals surface area contributed by atoms with E-state index < -0.39 is 0 Å². The van der Waals surface area contributed by atoms with Crippen LogP contribution in [0.5, 0.6) is 0 Å². The topological polar surface area (TPSA) is 38.9 Å². The fourth-order valence-corrected chi connectivity index (χ4v) is 1.63. The van der Waals surface area contributed by atoms with Gasteiger partial charge in [-0.05, 0) is 30.2 Å². The minimum atomic E-state index is -0.0621. The highest BCUT2D eigenvalue weighted by Crippen LogP contribution is 2.19. The minimum Gasteiger partial charge on any atom is -0.320 e. The van der Waals surface area contributed by atoms with Gasteiger partial charge in [0.05, 0.1) is 6.04 Å². The van der Waals surface area contributed by atoms with E-state index in [4.69, 9.17) is 5.73 Å². The first-order valence-corrected chi connectivity index (χ1v) is 4.99. The average molecular weight is 198 g/mol. The van der Waals surface area contributed by atoms with E-state index in [1.807, 2.05) is 18.2 Å². The Balaban J connectivity index is 2.32. The molecule has 0 amide bonds. The predicted octanol–water partition coefficient (Wildman–Crippen LogP) is 2.44. The third-order valence-corrected chi connectivity index (χ3v) is 2.47. The molecule has 2 nitrogen and oxygen atoms in total. The summed E-state index contributed by atoms with van der Waals surface area (Å²) >= 11 is 0. The number of nitrogens with zero attached hydrogens (tertiary/aromatic N) is 1. The second-order valence-corrected chi connectivity index (χ2v) is 3.67. The van der Waals surface area contributed by atoms with Gasteiger partial charge in [0.1, 0.15) is 0 Å². The van der Waals surface area contributed by atoms with E-state index in [9.17, 15) is 0 Å². The molecule has 0 bridgehead atoms. The van der Waals surface area contributed by atoms with E-state index in [2.05, 4.69) is 30.1 Å². The molecule has 76 valence electrons. The fraction of sp³-hybridized carbons (Fsp3) is 0.154. The Morgan fingerprint density at radius 3 is 2.47 bits per heavy atom. The molecule has 0 saturated heterocycles. The quantitative estimate of drug-likeness (QED) is 0.805. The molecule has 0 aliphatic carbocycles. The van der Waals surface area contributed by atoms with Crippen LogP contribution in [0.1, 0.15) is 22.7 Å². The summed E-state index contributed by atoms with van der Waals surface area (Å²) in [5, 5.41) is 0. The van der Waals surface area contributed by atoms with Crippen LogP contribution in [0, 0.1) is 6.92 Å². The zero-order valence-electron chi connectivity index (χ0n) is 8.72. The van der Waals surface area contributed by atoms with Crippen LogP contribution in [0.3, 0.4) is 0 Å². The van der Waals surface area contributed by atoms with Crippen LogP contribution in [0.15, 0.2) is 48.8 Å². The summed E-state index contributed by atoms with van der Waals surface area (Å²) < 4.78 is 0. The molecule has 0 aliphatic rings. The van der Waals surface area contributed by atoms with Gasteiger partial charge in [0.25, 0.3) is 0 Å². The number of rotatable bonds is 2. The Bertz CT molecular complexity index is 437. The number of hydrogen-bond acceptors (Lipinski definition) is 2. The van der Waals surface area contributed by atoms with Crippen molar-refractivity contribution in [3.8, 4) is 0 Å². The van der Waals surface area contributed by atoms with E-state index in [1.54, 1.807) is 12.4 Å². The molecule has 1 unspecified atom stereocenters. The monoisotopic (exact) mass is 198 g/mol. The van der Waals surface area contributed by atoms with Gasteiger partial charge in [-0.3, -0.25) is 4.98 Å². The number of pyridine rings is 1. The van der Waals surface area contributed by atoms with E-state index in [0.717, 1.165) is 11.1 Å². The maximum atomic E-state index is 6.16. The van der Waals surface area contributed by atoms with Crippen LogP contribution in [-0.4, -0.2) is 4.98 Å². The Labute approximate surface area is 89.8 Å². The van der Waals surface area contributed by atoms with Gasteiger partial charge in [0.15, 0.2) is 0 Å². The lowest BCUT2D eigenvalue weighted by Gasteiger charge is -2.12. The average Bonchev–Trinajstić information content (AvgIpc) is 2.29. The van der Waals surface area contributed by atoms with Crippen molar-refractivity contribution in [2.24, 2.45) is 5.73 Å². The first kappa shape index (κ1) is 9.87. The lowest BCUT2D eigenvalue weighted by atomic mass is 9.99. The highest BCUT2D eigenvalue weighted by atomic mass is 14.7. The third kappa shape index (κ3) is 2.22. The van der Waals surface area contributed by atoms with Crippen molar-refractivity contribution in [2.45, 2.75) is 13.0 Å². The molecule has 1 aromatic carbocycles. The van der Waals surface area contributed by atoms with Crippen molar-refractivity contribution < 1.29 is 0 Å². The fourth-order valence-electron chi connectivity index (χ4n) is 1.63. The highest BCUT2D eigenvalue weighted by Gasteiger charge is 2.07. The van der Waals surface area contributed by atoms with Gasteiger partial charge in [-0.15, -0.1) is 0 Å². The van der Waals surface area contributed by atoms with Crippen LogP contribution >= 0.6 is 0 Å². The Kier molecular flexibility index (Phi) is 2.79. The molecule has 0 fully saturated rings. The van der Waals surface area contributed by atoms with Gasteiger partial charge >= 0.3 is 0 Å². The van der Waals surface area contributed by atoms with Crippen molar-refractivity contribution in [2.75, 3.05) is 0 Å². The first-order chi connectivity index (χ1) is 7.27. The maximum absolute atomic E-state index is 6.16. The number of aromatic nitrogens is 1. The van der Waals surface area contributed by atoms with E-state index in [0.29, 0.717) is 0 Å². The molecular formula is C13H14N2. The van der Waals surface area contributed by atoms with Gasteiger partial charge in [-0.2, -0.15) is 0 Å². The normalized spacial score (nSPS) is 12.4. The lowest BCUT2D eigenvalue weighted by molar-refractivity contribution is 0.866. The van der Waals surface area contributed by atoms with E-state index >= 15 is 0 Å².